The monoisotopic (exact) mass is 347 g/mol. The molecule has 1 saturated carbocycles. The van der Waals surface area contributed by atoms with E-state index in [1.807, 2.05) is 0 Å². The van der Waals surface area contributed by atoms with Crippen LogP contribution in [0.25, 0.3) is 6.08 Å². The minimum Gasteiger partial charge on any atom is -0.491 e. The Balaban J connectivity index is 1.90. The Morgan fingerprint density at radius 2 is 2.12 bits per heavy atom. The zero-order valence-electron chi connectivity index (χ0n) is 14.8. The van der Waals surface area contributed by atoms with Crippen LogP contribution in [0.3, 0.4) is 0 Å². The number of hydrogen-bond donors (Lipinski definition) is 0. The summed E-state index contributed by atoms with van der Waals surface area (Å²) in [6.45, 7) is 2.53. The predicted octanol–water partition coefficient (Wildman–Crippen LogP) is 3.19. The first-order chi connectivity index (χ1) is 12.1. The van der Waals surface area contributed by atoms with Gasteiger partial charge in [0.2, 0.25) is 0 Å². The molecule has 136 valence electrons. The Kier molecular flexibility index (Phi) is 7.44. The van der Waals surface area contributed by atoms with E-state index in [1.165, 1.54) is 7.11 Å². The van der Waals surface area contributed by atoms with Gasteiger partial charge in [0.1, 0.15) is 0 Å². The summed E-state index contributed by atoms with van der Waals surface area (Å²) in [5.74, 6) is 1.15. The van der Waals surface area contributed by atoms with Crippen LogP contribution in [0.2, 0.25) is 0 Å². The lowest BCUT2D eigenvalue weighted by molar-refractivity contribution is -0.143. The number of ether oxygens (including phenoxy) is 3. The molecule has 0 aliphatic heterocycles. The van der Waals surface area contributed by atoms with Gasteiger partial charge in [0.25, 0.3) is 0 Å². The van der Waals surface area contributed by atoms with Crippen molar-refractivity contribution in [2.45, 2.75) is 39.0 Å². The number of nitrogens with zero attached hydrogens (tertiary/aromatic N) is 1. The molecule has 6 heteroatoms. The zero-order chi connectivity index (χ0) is 18.1. The van der Waals surface area contributed by atoms with Gasteiger partial charge in [-0.1, -0.05) is 6.42 Å². The molecule has 1 heterocycles. The average molecular weight is 347 g/mol. The number of pyridine rings is 1. The Morgan fingerprint density at radius 3 is 2.76 bits per heavy atom. The summed E-state index contributed by atoms with van der Waals surface area (Å²) in [6, 6.07) is 1.73. The Bertz CT molecular complexity index is 622. The van der Waals surface area contributed by atoms with Crippen LogP contribution in [0.5, 0.6) is 11.5 Å². The van der Waals surface area contributed by atoms with Crippen LogP contribution in [0.4, 0.5) is 0 Å². The van der Waals surface area contributed by atoms with Gasteiger partial charge in [-0.15, -0.1) is 0 Å². The quantitative estimate of drug-likeness (QED) is 0.368. The lowest BCUT2D eigenvalue weighted by Crippen LogP contribution is -2.19. The molecule has 1 aliphatic rings. The van der Waals surface area contributed by atoms with Gasteiger partial charge in [-0.3, -0.25) is 14.6 Å². The lowest BCUT2D eigenvalue weighted by atomic mass is 9.82. The van der Waals surface area contributed by atoms with E-state index in [0.29, 0.717) is 43.2 Å². The van der Waals surface area contributed by atoms with Crippen molar-refractivity contribution in [3.05, 3.63) is 24.0 Å². The third kappa shape index (κ3) is 5.89. The molecule has 0 atom stereocenters. The third-order valence-corrected chi connectivity index (χ3v) is 4.09. The molecule has 0 unspecified atom stereocenters. The van der Waals surface area contributed by atoms with E-state index >= 15 is 0 Å². The SMILES string of the molecule is CCOC(=O)CCCOc1cc(C=CC(=O)C2CCC2)ncc1OC. The van der Waals surface area contributed by atoms with Crippen LogP contribution in [-0.2, 0) is 14.3 Å². The maximum atomic E-state index is 11.9. The minimum atomic E-state index is -0.231. The van der Waals surface area contributed by atoms with Gasteiger partial charge in [-0.25, -0.2) is 0 Å². The second-order valence-electron chi connectivity index (χ2n) is 5.88. The van der Waals surface area contributed by atoms with Gasteiger partial charge in [0, 0.05) is 18.4 Å². The van der Waals surface area contributed by atoms with E-state index in [-0.39, 0.29) is 17.7 Å². The summed E-state index contributed by atoms with van der Waals surface area (Å²) in [7, 11) is 1.54. The standard InChI is InChI=1S/C19H25NO5/c1-3-24-19(22)8-5-11-25-17-12-15(20-13-18(17)23-2)9-10-16(21)14-6-4-7-14/h9-10,12-14H,3-8,11H2,1-2H3. The first-order valence-corrected chi connectivity index (χ1v) is 8.68. The van der Waals surface area contributed by atoms with Crippen molar-refractivity contribution in [2.75, 3.05) is 20.3 Å². The van der Waals surface area contributed by atoms with E-state index in [4.69, 9.17) is 14.2 Å². The molecule has 1 aromatic rings. The molecule has 0 N–H and O–H groups in total. The van der Waals surface area contributed by atoms with E-state index in [0.717, 1.165) is 19.3 Å². The maximum absolute atomic E-state index is 11.9. The van der Waals surface area contributed by atoms with Crippen molar-refractivity contribution in [1.82, 2.24) is 4.98 Å². The minimum absolute atomic E-state index is 0.153. The van der Waals surface area contributed by atoms with Crippen molar-refractivity contribution in [3.63, 3.8) is 0 Å². The van der Waals surface area contributed by atoms with Crippen molar-refractivity contribution in [1.29, 1.82) is 0 Å². The molecule has 0 radical (unpaired) electrons. The molecule has 2 rings (SSSR count). The molecule has 1 fully saturated rings. The van der Waals surface area contributed by atoms with E-state index in [9.17, 15) is 9.59 Å². The van der Waals surface area contributed by atoms with Crippen LogP contribution in [0.15, 0.2) is 18.3 Å². The van der Waals surface area contributed by atoms with Crippen molar-refractivity contribution >= 4 is 17.8 Å². The molecule has 6 nitrogen and oxygen atoms in total. The first-order valence-electron chi connectivity index (χ1n) is 8.68. The molecule has 1 aliphatic carbocycles. The van der Waals surface area contributed by atoms with Crippen molar-refractivity contribution < 1.29 is 23.8 Å². The second kappa shape index (κ2) is 9.81. The number of carbonyl (C=O) groups is 2. The topological polar surface area (TPSA) is 74.7 Å². The van der Waals surface area contributed by atoms with Crippen molar-refractivity contribution in [2.24, 2.45) is 5.92 Å². The number of hydrogen-bond acceptors (Lipinski definition) is 6. The molecule has 0 saturated heterocycles. The van der Waals surface area contributed by atoms with Gasteiger partial charge in [0.15, 0.2) is 17.3 Å². The number of allylic oxidation sites excluding steroid dienone is 1. The van der Waals surface area contributed by atoms with E-state index in [2.05, 4.69) is 4.98 Å². The average Bonchev–Trinajstić information content (AvgIpc) is 2.55. The maximum Gasteiger partial charge on any atom is 0.305 e. The molecule has 0 aromatic carbocycles. The Labute approximate surface area is 148 Å². The van der Waals surface area contributed by atoms with Gasteiger partial charge in [0.05, 0.1) is 32.2 Å². The van der Waals surface area contributed by atoms with Crippen LogP contribution >= 0.6 is 0 Å². The number of rotatable bonds is 10. The largest absolute Gasteiger partial charge is 0.491 e. The van der Waals surface area contributed by atoms with Gasteiger partial charge in [-0.2, -0.15) is 0 Å². The van der Waals surface area contributed by atoms with Crippen LogP contribution in [-0.4, -0.2) is 37.1 Å². The highest BCUT2D eigenvalue weighted by molar-refractivity contribution is 5.95. The molecule has 0 bridgehead atoms. The van der Waals surface area contributed by atoms with Gasteiger partial charge >= 0.3 is 5.97 Å². The number of ketones is 1. The number of aromatic nitrogens is 1. The summed E-state index contributed by atoms with van der Waals surface area (Å²) >= 11 is 0. The number of carbonyl (C=O) groups excluding carboxylic acids is 2. The fourth-order valence-electron chi connectivity index (χ4n) is 2.42. The summed E-state index contributed by atoms with van der Waals surface area (Å²) in [4.78, 5) is 27.5. The molecule has 0 spiro atoms. The molecule has 0 amide bonds. The highest BCUT2D eigenvalue weighted by Crippen LogP contribution is 2.29. The third-order valence-electron chi connectivity index (χ3n) is 4.09. The van der Waals surface area contributed by atoms with Crippen LogP contribution in [0, 0.1) is 5.92 Å². The Morgan fingerprint density at radius 1 is 1.32 bits per heavy atom. The highest BCUT2D eigenvalue weighted by Gasteiger charge is 2.22. The number of esters is 1. The summed E-state index contributed by atoms with van der Waals surface area (Å²) < 4.78 is 15.8. The second-order valence-corrected chi connectivity index (χ2v) is 5.88. The first kappa shape index (κ1) is 19.0. The van der Waals surface area contributed by atoms with E-state index in [1.54, 1.807) is 31.3 Å². The highest BCUT2D eigenvalue weighted by atomic mass is 16.5. The summed E-state index contributed by atoms with van der Waals surface area (Å²) in [5, 5.41) is 0. The zero-order valence-corrected chi connectivity index (χ0v) is 14.8. The lowest BCUT2D eigenvalue weighted by Gasteiger charge is -2.21. The summed E-state index contributed by atoms with van der Waals surface area (Å²) in [5.41, 5.74) is 0.633. The van der Waals surface area contributed by atoms with Gasteiger partial charge in [-0.05, 0) is 38.3 Å². The van der Waals surface area contributed by atoms with Crippen LogP contribution in [0.1, 0.15) is 44.7 Å². The number of methoxy groups -OCH3 is 1. The fraction of sp³-hybridized carbons (Fsp3) is 0.526. The van der Waals surface area contributed by atoms with Gasteiger partial charge < -0.3 is 14.2 Å². The smallest absolute Gasteiger partial charge is 0.305 e. The normalized spacial score (nSPS) is 14.2. The molecule has 1 aromatic heterocycles. The molecule has 25 heavy (non-hydrogen) atoms. The van der Waals surface area contributed by atoms with Crippen molar-refractivity contribution in [3.8, 4) is 11.5 Å². The van der Waals surface area contributed by atoms with E-state index < -0.39 is 0 Å². The fourth-order valence-corrected chi connectivity index (χ4v) is 2.42. The molecular formula is C19H25NO5. The summed E-state index contributed by atoms with van der Waals surface area (Å²) in [6.07, 6.45) is 8.80. The molecular weight excluding hydrogens is 322 g/mol. The Hall–Kier alpha value is -2.37. The predicted molar refractivity (Wildman–Crippen MR) is 93.5 cm³/mol. The van der Waals surface area contributed by atoms with Crippen LogP contribution < -0.4 is 9.47 Å².